The molecule has 0 unspecified atom stereocenters. The van der Waals surface area contributed by atoms with Crippen molar-refractivity contribution in [1.82, 2.24) is 9.88 Å². The van der Waals surface area contributed by atoms with Gasteiger partial charge in [0.05, 0.1) is 0 Å². The van der Waals surface area contributed by atoms with Crippen LogP contribution in [-0.4, -0.2) is 23.0 Å². The highest BCUT2D eigenvalue weighted by molar-refractivity contribution is 5.85. The Morgan fingerprint density at radius 3 is 2.52 bits per heavy atom. The number of fused-ring (bicyclic) bond motifs is 3. The molecule has 21 heavy (non-hydrogen) atoms. The smallest absolute Gasteiger partial charge is 0.0459 e. The second-order valence-electron chi connectivity index (χ2n) is 6.11. The number of benzene rings is 2. The van der Waals surface area contributed by atoms with E-state index >= 15 is 0 Å². The molecule has 2 nitrogen and oxygen atoms in total. The maximum atomic E-state index is 3.69. The van der Waals surface area contributed by atoms with Gasteiger partial charge >= 0.3 is 0 Å². The van der Waals surface area contributed by atoms with Gasteiger partial charge in [-0.3, -0.25) is 4.90 Å². The number of aromatic nitrogens is 1. The summed E-state index contributed by atoms with van der Waals surface area (Å²) >= 11 is 0. The van der Waals surface area contributed by atoms with Gasteiger partial charge in [0.1, 0.15) is 0 Å². The van der Waals surface area contributed by atoms with Gasteiger partial charge in [-0.2, -0.15) is 0 Å². The summed E-state index contributed by atoms with van der Waals surface area (Å²) < 4.78 is 0. The summed E-state index contributed by atoms with van der Waals surface area (Å²) in [5, 5.41) is 1.37. The molecule has 1 aliphatic heterocycles. The van der Waals surface area contributed by atoms with E-state index in [1.165, 1.54) is 27.7 Å². The Kier molecular flexibility index (Phi) is 2.86. The topological polar surface area (TPSA) is 19.0 Å². The Morgan fingerprint density at radius 2 is 1.71 bits per heavy atom. The van der Waals surface area contributed by atoms with E-state index in [9.17, 15) is 0 Å². The first kappa shape index (κ1) is 12.7. The van der Waals surface area contributed by atoms with Crippen LogP contribution in [0.15, 0.2) is 54.6 Å². The first-order chi connectivity index (χ1) is 10.3. The highest BCUT2D eigenvalue weighted by atomic mass is 15.1. The number of hydrogen-bond donors (Lipinski definition) is 1. The lowest BCUT2D eigenvalue weighted by Crippen LogP contribution is -2.39. The van der Waals surface area contributed by atoms with E-state index in [1.54, 1.807) is 0 Å². The third-order valence-electron chi connectivity index (χ3n) is 4.90. The first-order valence-electron chi connectivity index (χ1n) is 7.60. The van der Waals surface area contributed by atoms with E-state index in [2.05, 4.69) is 78.5 Å². The molecule has 0 amide bonds. The molecule has 0 bridgehead atoms. The van der Waals surface area contributed by atoms with Crippen LogP contribution in [0.2, 0.25) is 0 Å². The first-order valence-corrected chi connectivity index (χ1v) is 7.60. The lowest BCUT2D eigenvalue weighted by atomic mass is 9.83. The van der Waals surface area contributed by atoms with Crippen molar-refractivity contribution in [2.75, 3.05) is 7.05 Å². The molecule has 0 spiro atoms. The van der Waals surface area contributed by atoms with Crippen LogP contribution in [-0.2, 0) is 6.54 Å². The summed E-state index contributed by atoms with van der Waals surface area (Å²) in [5.74, 6) is 0.410. The van der Waals surface area contributed by atoms with Gasteiger partial charge in [0.2, 0.25) is 0 Å². The minimum atomic E-state index is 0.410. The van der Waals surface area contributed by atoms with Gasteiger partial charge in [-0.15, -0.1) is 0 Å². The van der Waals surface area contributed by atoms with Crippen molar-refractivity contribution in [3.8, 4) is 0 Å². The molecule has 0 saturated heterocycles. The number of rotatable bonds is 1. The SMILES string of the molecule is C[C@@H]1[C@H](c2ccccc2)c2[nH]c3ccccc3c2CN1C. The summed E-state index contributed by atoms with van der Waals surface area (Å²) in [7, 11) is 2.23. The fraction of sp³-hybridized carbons (Fsp3) is 0.263. The minimum absolute atomic E-state index is 0.410. The molecule has 2 heteroatoms. The summed E-state index contributed by atoms with van der Waals surface area (Å²) in [6.45, 7) is 3.34. The summed E-state index contributed by atoms with van der Waals surface area (Å²) in [6.07, 6.45) is 0. The molecule has 1 aliphatic rings. The Bertz CT molecular complexity index is 773. The molecule has 1 aromatic heterocycles. The third-order valence-corrected chi connectivity index (χ3v) is 4.90. The third kappa shape index (κ3) is 1.90. The molecular weight excluding hydrogens is 256 g/mol. The molecule has 3 aromatic rings. The fourth-order valence-corrected chi connectivity index (χ4v) is 3.65. The lowest BCUT2D eigenvalue weighted by Gasteiger charge is -2.37. The zero-order valence-electron chi connectivity index (χ0n) is 12.5. The number of H-pyrrole nitrogens is 1. The second kappa shape index (κ2) is 4.74. The molecule has 1 N–H and O–H groups in total. The van der Waals surface area contributed by atoms with Crippen LogP contribution in [0.5, 0.6) is 0 Å². The fourth-order valence-electron chi connectivity index (χ4n) is 3.65. The average Bonchev–Trinajstić information content (AvgIpc) is 2.87. The number of nitrogens with one attached hydrogen (secondary N) is 1. The predicted octanol–water partition coefficient (Wildman–Crippen LogP) is 4.13. The largest absolute Gasteiger partial charge is 0.358 e. The van der Waals surface area contributed by atoms with Gasteiger partial charge in [0.25, 0.3) is 0 Å². The van der Waals surface area contributed by atoms with E-state index < -0.39 is 0 Å². The maximum Gasteiger partial charge on any atom is 0.0459 e. The molecule has 106 valence electrons. The van der Waals surface area contributed by atoms with Crippen LogP contribution in [0.25, 0.3) is 10.9 Å². The summed E-state index contributed by atoms with van der Waals surface area (Å²) in [5.41, 5.74) is 5.50. The van der Waals surface area contributed by atoms with Gasteiger partial charge in [-0.05, 0) is 31.2 Å². The maximum absolute atomic E-state index is 3.69. The Balaban J connectivity index is 1.96. The highest BCUT2D eigenvalue weighted by Gasteiger charge is 2.33. The normalized spacial score (nSPS) is 22.4. The summed E-state index contributed by atoms with van der Waals surface area (Å²) in [6, 6.07) is 20.0. The lowest BCUT2D eigenvalue weighted by molar-refractivity contribution is 0.211. The number of aromatic amines is 1. The Hall–Kier alpha value is -2.06. The minimum Gasteiger partial charge on any atom is -0.358 e. The predicted molar refractivity (Wildman–Crippen MR) is 87.5 cm³/mol. The van der Waals surface area contributed by atoms with E-state index in [1.807, 2.05) is 0 Å². The van der Waals surface area contributed by atoms with Crippen LogP contribution in [0.3, 0.4) is 0 Å². The van der Waals surface area contributed by atoms with E-state index in [0.29, 0.717) is 12.0 Å². The van der Waals surface area contributed by atoms with Crippen molar-refractivity contribution < 1.29 is 0 Å². The van der Waals surface area contributed by atoms with Crippen molar-refractivity contribution in [1.29, 1.82) is 0 Å². The molecule has 0 fully saturated rings. The Morgan fingerprint density at radius 1 is 1.00 bits per heavy atom. The van der Waals surface area contributed by atoms with E-state index in [-0.39, 0.29) is 0 Å². The molecule has 0 radical (unpaired) electrons. The van der Waals surface area contributed by atoms with Gasteiger partial charge in [0, 0.05) is 35.1 Å². The van der Waals surface area contributed by atoms with Crippen molar-refractivity contribution in [2.24, 2.45) is 0 Å². The number of hydrogen-bond acceptors (Lipinski definition) is 1. The molecule has 2 atom stereocenters. The van der Waals surface area contributed by atoms with Crippen LogP contribution >= 0.6 is 0 Å². The number of likely N-dealkylation sites (N-methyl/N-ethyl adjacent to an activating group) is 1. The van der Waals surface area contributed by atoms with Gasteiger partial charge in [0.15, 0.2) is 0 Å². The van der Waals surface area contributed by atoms with Crippen LogP contribution in [0, 0.1) is 0 Å². The number of nitrogens with zero attached hydrogens (tertiary/aromatic N) is 1. The quantitative estimate of drug-likeness (QED) is 0.708. The molecule has 0 aliphatic carbocycles. The van der Waals surface area contributed by atoms with Gasteiger partial charge in [-0.25, -0.2) is 0 Å². The average molecular weight is 276 g/mol. The van der Waals surface area contributed by atoms with E-state index in [0.717, 1.165) is 6.54 Å². The monoisotopic (exact) mass is 276 g/mol. The van der Waals surface area contributed by atoms with Gasteiger partial charge < -0.3 is 4.98 Å². The zero-order chi connectivity index (χ0) is 14.4. The van der Waals surface area contributed by atoms with Crippen LogP contribution in [0.1, 0.15) is 29.7 Å². The molecule has 0 saturated carbocycles. The molecule has 2 aromatic carbocycles. The molecule has 2 heterocycles. The Labute approximate surface area is 125 Å². The van der Waals surface area contributed by atoms with Crippen LogP contribution < -0.4 is 0 Å². The van der Waals surface area contributed by atoms with Gasteiger partial charge in [-0.1, -0.05) is 48.5 Å². The van der Waals surface area contributed by atoms with Crippen molar-refractivity contribution >= 4 is 10.9 Å². The van der Waals surface area contributed by atoms with E-state index in [4.69, 9.17) is 0 Å². The van der Waals surface area contributed by atoms with Crippen LogP contribution in [0.4, 0.5) is 0 Å². The standard InChI is InChI=1S/C19H20N2/c1-13-18(14-8-4-3-5-9-14)19-16(12-21(13)2)15-10-6-7-11-17(15)20-19/h3-11,13,18,20H,12H2,1-2H3/t13-,18-/m1/s1. The van der Waals surface area contributed by atoms with Crippen molar-refractivity contribution in [3.05, 3.63) is 71.4 Å². The van der Waals surface area contributed by atoms with Crippen molar-refractivity contribution in [2.45, 2.75) is 25.4 Å². The summed E-state index contributed by atoms with van der Waals surface area (Å²) in [4.78, 5) is 6.15. The zero-order valence-corrected chi connectivity index (χ0v) is 12.5. The molecular formula is C19H20N2. The second-order valence-corrected chi connectivity index (χ2v) is 6.11. The molecule has 4 rings (SSSR count). The number of para-hydroxylation sites is 1. The highest BCUT2D eigenvalue weighted by Crippen LogP contribution is 2.40. The van der Waals surface area contributed by atoms with Crippen molar-refractivity contribution in [3.63, 3.8) is 0 Å².